The maximum Gasteiger partial charge on any atom is 0.341 e. The quantitative estimate of drug-likeness (QED) is 0.604. The van der Waals surface area contributed by atoms with E-state index in [0.717, 1.165) is 0 Å². The van der Waals surface area contributed by atoms with Gasteiger partial charge >= 0.3 is 5.97 Å². The molecule has 1 aliphatic rings. The summed E-state index contributed by atoms with van der Waals surface area (Å²) in [4.78, 5) is 34.9. The lowest BCUT2D eigenvalue weighted by atomic mass is 10.2. The van der Waals surface area contributed by atoms with Gasteiger partial charge in [0.25, 0.3) is 0 Å². The van der Waals surface area contributed by atoms with E-state index in [2.05, 4.69) is 15.3 Å². The van der Waals surface area contributed by atoms with Gasteiger partial charge in [-0.1, -0.05) is 0 Å². The number of aromatic nitrogens is 3. The van der Waals surface area contributed by atoms with Crippen LogP contribution in [0.25, 0.3) is 16.2 Å². The fourth-order valence-corrected chi connectivity index (χ4v) is 3.98. The molecule has 0 amide bonds. The molecule has 0 aliphatic carbocycles. The van der Waals surface area contributed by atoms with Crippen molar-refractivity contribution in [3.05, 3.63) is 45.7 Å². The molecule has 0 radical (unpaired) electrons. The lowest BCUT2D eigenvalue weighted by molar-refractivity contribution is 0.0695. The van der Waals surface area contributed by atoms with Gasteiger partial charge < -0.3 is 20.1 Å². The van der Waals surface area contributed by atoms with Gasteiger partial charge in [0.2, 0.25) is 5.43 Å². The van der Waals surface area contributed by atoms with Crippen LogP contribution in [0.1, 0.15) is 14.5 Å². The van der Waals surface area contributed by atoms with Crippen LogP contribution in [0.4, 0.5) is 5.82 Å². The largest absolute Gasteiger partial charge is 0.477 e. The molecule has 0 bridgehead atoms. The Bertz CT molecular complexity index is 1180. The van der Waals surface area contributed by atoms with Crippen molar-refractivity contribution in [2.75, 3.05) is 32.1 Å². The minimum absolute atomic E-state index is 0.151. The highest BCUT2D eigenvalue weighted by Crippen LogP contribution is 2.24. The summed E-state index contributed by atoms with van der Waals surface area (Å²) in [5.41, 5.74) is -0.740. The van der Waals surface area contributed by atoms with Crippen molar-refractivity contribution in [2.45, 2.75) is 12.1 Å². The molecule has 4 rings (SSSR count). The molecule has 146 valence electrons. The number of thiazole rings is 1. The number of rotatable bonds is 5. The molecule has 2 atom stereocenters. The van der Waals surface area contributed by atoms with E-state index in [0.29, 0.717) is 17.5 Å². The fraction of sp³-hybridized carbons (Fsp3) is 0.333. The standard InChI is InChI=1S/C18H19N5O4S/c1-19-12-8-22(9-13(12)27-2)14-4-3-10-15(24)11(17(25)26)7-23(16(10)21-14)18-20-5-6-28-18/h3-7,12-13,19H,8-9H2,1-2H3,(H,25,26)/t12-,13-/m0/s1/i2+1D3. The van der Waals surface area contributed by atoms with Crippen molar-refractivity contribution >= 4 is 34.2 Å². The zero-order valence-corrected chi connectivity index (χ0v) is 15.6. The van der Waals surface area contributed by atoms with E-state index in [1.807, 2.05) is 4.90 Å². The fourth-order valence-electron chi connectivity index (χ4n) is 3.36. The summed E-state index contributed by atoms with van der Waals surface area (Å²) in [5, 5.41) is 14.8. The number of carboxylic acid groups (broad SMARTS) is 1. The van der Waals surface area contributed by atoms with Gasteiger partial charge in [-0.3, -0.25) is 9.36 Å². The maximum atomic E-state index is 12.7. The molecule has 0 aromatic carbocycles. The van der Waals surface area contributed by atoms with Crippen LogP contribution in [0, 0.1) is 0 Å². The highest BCUT2D eigenvalue weighted by Gasteiger charge is 2.32. The minimum atomic E-state index is -2.52. The molecule has 1 fully saturated rings. The van der Waals surface area contributed by atoms with Crippen LogP contribution >= 0.6 is 11.3 Å². The Morgan fingerprint density at radius 2 is 2.32 bits per heavy atom. The molecular weight excluding hydrogens is 383 g/mol. The lowest BCUT2D eigenvalue weighted by Crippen LogP contribution is -2.37. The van der Waals surface area contributed by atoms with E-state index >= 15 is 0 Å². The van der Waals surface area contributed by atoms with Gasteiger partial charge in [0.15, 0.2) is 10.8 Å². The number of fused-ring (bicyclic) bond motifs is 1. The summed E-state index contributed by atoms with van der Waals surface area (Å²) in [6, 6.07) is 2.92. The van der Waals surface area contributed by atoms with Gasteiger partial charge in [-0.25, -0.2) is 14.8 Å². The first-order valence-electron chi connectivity index (χ1n) is 9.97. The van der Waals surface area contributed by atoms with Gasteiger partial charge in [0, 0.05) is 37.9 Å². The number of carboxylic acids is 1. The predicted octanol–water partition coefficient (Wildman–Crippen LogP) is 0.963. The van der Waals surface area contributed by atoms with E-state index in [9.17, 15) is 14.7 Å². The Hall–Kier alpha value is -2.82. The normalized spacial score (nSPS) is 21.5. The second kappa shape index (κ2) is 7.30. The molecule has 3 aromatic rings. The second-order valence-electron chi connectivity index (χ2n) is 6.36. The van der Waals surface area contributed by atoms with E-state index < -0.39 is 24.5 Å². The third kappa shape index (κ3) is 3.05. The topological polar surface area (TPSA) is 110 Å². The zero-order valence-electron chi connectivity index (χ0n) is 17.8. The molecule has 0 saturated carbocycles. The lowest BCUT2D eigenvalue weighted by Gasteiger charge is -2.18. The highest BCUT2D eigenvalue weighted by molar-refractivity contribution is 7.12. The minimum Gasteiger partial charge on any atom is -0.477 e. The summed E-state index contributed by atoms with van der Waals surface area (Å²) in [6.45, 7) is 0.738. The Labute approximate surface area is 168 Å². The molecule has 10 heteroatoms. The van der Waals surface area contributed by atoms with Crippen molar-refractivity contribution in [1.82, 2.24) is 19.9 Å². The van der Waals surface area contributed by atoms with Crippen molar-refractivity contribution in [1.29, 1.82) is 0 Å². The summed E-state index contributed by atoms with van der Waals surface area (Å²) >= 11 is 1.28. The van der Waals surface area contributed by atoms with Crippen molar-refractivity contribution in [3.63, 3.8) is 0 Å². The number of likely N-dealkylation sites (N-methyl/N-ethyl adjacent to an activating group) is 1. The van der Waals surface area contributed by atoms with E-state index in [1.54, 1.807) is 24.7 Å². The average Bonchev–Trinajstić information content (AvgIpc) is 3.36. The highest BCUT2D eigenvalue weighted by atomic mass is 32.1. The monoisotopic (exact) mass is 405 g/mol. The number of methoxy groups -OCH3 is 1. The molecule has 9 nitrogen and oxygen atoms in total. The number of carbonyl (C=O) groups is 1. The number of pyridine rings is 2. The first-order chi connectivity index (χ1) is 14.7. The van der Waals surface area contributed by atoms with Gasteiger partial charge in [-0.15, -0.1) is 11.3 Å². The number of nitrogens with zero attached hydrogens (tertiary/aromatic N) is 4. The summed E-state index contributed by atoms with van der Waals surface area (Å²) < 4.78 is 28.9. The number of hydrogen-bond acceptors (Lipinski definition) is 8. The molecule has 0 unspecified atom stereocenters. The molecule has 1 aliphatic heterocycles. The predicted molar refractivity (Wildman–Crippen MR) is 106 cm³/mol. The van der Waals surface area contributed by atoms with Crippen molar-refractivity contribution in [3.8, 4) is 5.13 Å². The maximum absolute atomic E-state index is 12.7. The van der Waals surface area contributed by atoms with Crippen LogP contribution in [-0.2, 0) is 4.74 Å². The number of nitrogens with one attached hydrogen (secondary N) is 1. The SMILES string of the molecule is [2H][13C]([2H])([2H])O[C@H]1CN(c2ccc3c(=O)c(C(=O)O)cn(-c4nccs4)c3n2)C[C@@H]1NC. The van der Waals surface area contributed by atoms with Crippen LogP contribution in [0.2, 0.25) is 0 Å². The summed E-state index contributed by atoms with van der Waals surface area (Å²) in [7, 11) is -0.795. The number of hydrogen-bond donors (Lipinski definition) is 2. The van der Waals surface area contributed by atoms with Crippen LogP contribution in [0.15, 0.2) is 34.7 Å². The number of ether oxygens (including phenoxy) is 1. The third-order valence-corrected chi connectivity index (χ3v) is 5.57. The van der Waals surface area contributed by atoms with Gasteiger partial charge in [0.05, 0.1) is 21.6 Å². The van der Waals surface area contributed by atoms with Gasteiger partial charge in [-0.2, -0.15) is 0 Å². The van der Waals surface area contributed by atoms with Crippen molar-refractivity contribution < 1.29 is 18.8 Å². The van der Waals surface area contributed by atoms with Crippen molar-refractivity contribution in [2.24, 2.45) is 0 Å². The molecule has 3 aromatic heterocycles. The van der Waals surface area contributed by atoms with E-state index in [4.69, 9.17) is 8.85 Å². The van der Waals surface area contributed by atoms with Gasteiger partial charge in [0.1, 0.15) is 11.4 Å². The van der Waals surface area contributed by atoms with Crippen LogP contribution < -0.4 is 15.6 Å². The number of anilines is 1. The van der Waals surface area contributed by atoms with Gasteiger partial charge in [-0.05, 0) is 19.2 Å². The Morgan fingerprint density at radius 3 is 3.00 bits per heavy atom. The first kappa shape index (κ1) is 15.1. The smallest absolute Gasteiger partial charge is 0.341 e. The molecule has 4 heterocycles. The first-order valence-corrected chi connectivity index (χ1v) is 9.35. The molecular formula is C18H19N5O4S. The van der Waals surface area contributed by atoms with Crippen LogP contribution in [-0.4, -0.2) is 64.9 Å². The van der Waals surface area contributed by atoms with E-state index in [1.165, 1.54) is 28.2 Å². The Kier molecular flexibility index (Phi) is 3.95. The molecule has 1 saturated heterocycles. The zero-order chi connectivity index (χ0) is 22.3. The molecule has 0 spiro atoms. The third-order valence-electron chi connectivity index (χ3n) is 4.80. The summed E-state index contributed by atoms with van der Waals surface area (Å²) in [5.74, 6) is -0.820. The number of aromatic carboxylic acids is 1. The Balaban J connectivity index is 1.79. The molecule has 28 heavy (non-hydrogen) atoms. The summed E-state index contributed by atoms with van der Waals surface area (Å²) in [6.07, 6.45) is 2.22. The van der Waals surface area contributed by atoms with Crippen LogP contribution in [0.5, 0.6) is 0 Å². The van der Waals surface area contributed by atoms with E-state index in [-0.39, 0.29) is 29.2 Å². The molecule has 2 N–H and O–H groups in total. The second-order valence-corrected chi connectivity index (χ2v) is 7.23. The van der Waals surface area contributed by atoms with Crippen LogP contribution in [0.3, 0.4) is 0 Å². The average molecular weight is 405 g/mol. The Morgan fingerprint density at radius 1 is 1.46 bits per heavy atom.